The van der Waals surface area contributed by atoms with E-state index >= 15 is 0 Å². The van der Waals surface area contributed by atoms with Crippen molar-refractivity contribution < 1.29 is 13.2 Å². The minimum Gasteiger partial charge on any atom is -0.760 e. The molecule has 0 amide bonds. The van der Waals surface area contributed by atoms with Crippen molar-refractivity contribution in [3.8, 4) is 0 Å². The monoisotopic (exact) mass is 395 g/mol. The number of para-hydroxylation sites is 1. The number of piperidine rings is 1. The smallest absolute Gasteiger partial charge is 0.134 e. The van der Waals surface area contributed by atoms with Gasteiger partial charge in [-0.1, -0.05) is 49.4 Å². The highest BCUT2D eigenvalue weighted by Gasteiger charge is 2.65. The van der Waals surface area contributed by atoms with E-state index in [1.54, 1.807) is 0 Å². The molecule has 0 bridgehead atoms. The first-order valence-corrected chi connectivity index (χ1v) is 10.7. The van der Waals surface area contributed by atoms with Crippen molar-refractivity contribution in [2.45, 2.75) is 25.4 Å². The van der Waals surface area contributed by atoms with E-state index in [-0.39, 0.29) is 5.41 Å². The highest BCUT2D eigenvalue weighted by atomic mass is 32.2. The molecule has 0 radical (unpaired) electrons. The second kappa shape index (κ2) is 6.81. The summed E-state index contributed by atoms with van der Waals surface area (Å²) in [6, 6.07) is 18.6. The Hall–Kier alpha value is -1.99. The van der Waals surface area contributed by atoms with E-state index in [2.05, 4.69) is 40.8 Å². The molecular weight excluding hydrogens is 372 g/mol. The Morgan fingerprint density at radius 3 is 2.71 bits per heavy atom. The van der Waals surface area contributed by atoms with Crippen LogP contribution in [0.1, 0.15) is 23.8 Å². The maximum atomic E-state index is 10.7. The van der Waals surface area contributed by atoms with Crippen LogP contribution in [-0.4, -0.2) is 26.8 Å². The van der Waals surface area contributed by atoms with Gasteiger partial charge in [-0.3, -0.25) is 9.11 Å². The van der Waals surface area contributed by atoms with Crippen molar-refractivity contribution in [3.05, 3.63) is 71.5 Å². The average Bonchev–Trinajstić information content (AvgIpc) is 3.06. The topological polar surface area (TPSA) is 68.5 Å². The SMILES string of the molecule is CC1(c2cccc(CNS(=O)[O-])c2)C2CN(Cc3cc4ccccc4o3)CC21. The van der Waals surface area contributed by atoms with E-state index in [0.29, 0.717) is 18.4 Å². The largest absolute Gasteiger partial charge is 0.760 e. The third-order valence-corrected chi connectivity index (χ3v) is 7.01. The molecule has 28 heavy (non-hydrogen) atoms. The lowest BCUT2D eigenvalue weighted by Gasteiger charge is -2.24. The molecule has 1 aliphatic heterocycles. The number of rotatable bonds is 6. The number of benzene rings is 2. The molecule has 1 aromatic heterocycles. The normalized spacial score (nSPS) is 27.8. The van der Waals surface area contributed by atoms with Gasteiger partial charge in [-0.25, -0.2) is 4.72 Å². The molecule has 2 aromatic carbocycles. The number of hydrogen-bond donors (Lipinski definition) is 1. The number of nitrogens with one attached hydrogen (secondary N) is 1. The number of fused-ring (bicyclic) bond motifs is 2. The van der Waals surface area contributed by atoms with Crippen molar-refractivity contribution in [3.63, 3.8) is 0 Å². The lowest BCUT2D eigenvalue weighted by molar-refractivity contribution is 0.251. The van der Waals surface area contributed by atoms with Gasteiger partial charge in [0.25, 0.3) is 0 Å². The third kappa shape index (κ3) is 3.10. The fraction of sp³-hybridized carbons (Fsp3) is 0.364. The van der Waals surface area contributed by atoms with Crippen LogP contribution >= 0.6 is 0 Å². The molecule has 1 saturated heterocycles. The van der Waals surface area contributed by atoms with E-state index < -0.39 is 11.3 Å². The van der Waals surface area contributed by atoms with E-state index in [0.717, 1.165) is 41.9 Å². The highest BCUT2D eigenvalue weighted by molar-refractivity contribution is 7.77. The molecule has 5 nitrogen and oxygen atoms in total. The number of hydrogen-bond acceptors (Lipinski definition) is 4. The Kier molecular flexibility index (Phi) is 4.39. The van der Waals surface area contributed by atoms with Gasteiger partial charge in [-0.2, -0.15) is 0 Å². The molecule has 6 heteroatoms. The van der Waals surface area contributed by atoms with Crippen LogP contribution in [0.4, 0.5) is 0 Å². The summed E-state index contributed by atoms with van der Waals surface area (Å²) in [6.07, 6.45) is 0. The molecule has 5 rings (SSSR count). The van der Waals surface area contributed by atoms with Gasteiger partial charge in [0.05, 0.1) is 6.54 Å². The predicted molar refractivity (Wildman–Crippen MR) is 108 cm³/mol. The maximum Gasteiger partial charge on any atom is 0.134 e. The van der Waals surface area contributed by atoms with Crippen molar-refractivity contribution in [2.24, 2.45) is 11.8 Å². The molecule has 2 heterocycles. The maximum absolute atomic E-state index is 10.7. The zero-order chi connectivity index (χ0) is 19.3. The standard InChI is InChI=1S/C22H24N2O3S/c1-22(17-7-4-5-15(9-17)11-23-28(25)26)19-13-24(14-20(19)22)12-18-10-16-6-2-3-8-21(16)27-18/h2-10,19-20,23H,11-14H2,1H3,(H,25,26)/p-1. The van der Waals surface area contributed by atoms with Crippen molar-refractivity contribution in [1.82, 2.24) is 9.62 Å². The van der Waals surface area contributed by atoms with Gasteiger partial charge in [0.1, 0.15) is 11.3 Å². The quantitative estimate of drug-likeness (QED) is 0.650. The van der Waals surface area contributed by atoms with Crippen LogP contribution in [0.15, 0.2) is 59.0 Å². The van der Waals surface area contributed by atoms with Gasteiger partial charge in [0, 0.05) is 41.7 Å². The first-order chi connectivity index (χ1) is 13.5. The van der Waals surface area contributed by atoms with E-state index in [4.69, 9.17) is 4.42 Å². The lowest BCUT2D eigenvalue weighted by atomic mass is 9.91. The minimum atomic E-state index is -2.23. The Balaban J connectivity index is 1.25. The lowest BCUT2D eigenvalue weighted by Crippen LogP contribution is -2.28. The second-order valence-electron chi connectivity index (χ2n) is 8.20. The molecule has 1 aliphatic carbocycles. The summed E-state index contributed by atoms with van der Waals surface area (Å²) in [5, 5.41) is 1.16. The van der Waals surface area contributed by atoms with Gasteiger partial charge in [0.2, 0.25) is 0 Å². The minimum absolute atomic E-state index is 0.191. The summed E-state index contributed by atoms with van der Waals surface area (Å²) >= 11 is -2.23. The molecule has 1 saturated carbocycles. The van der Waals surface area contributed by atoms with Gasteiger partial charge >= 0.3 is 0 Å². The fourth-order valence-electron chi connectivity index (χ4n) is 5.01. The van der Waals surface area contributed by atoms with Gasteiger partial charge in [-0.05, 0) is 35.1 Å². The van der Waals surface area contributed by atoms with Crippen molar-refractivity contribution in [1.29, 1.82) is 0 Å². The molecule has 3 unspecified atom stereocenters. The van der Waals surface area contributed by atoms with Crippen LogP contribution in [0.3, 0.4) is 0 Å². The second-order valence-corrected chi connectivity index (χ2v) is 8.95. The van der Waals surface area contributed by atoms with Crippen molar-refractivity contribution >= 4 is 22.2 Å². The predicted octanol–water partition coefficient (Wildman–Crippen LogP) is 3.34. The van der Waals surface area contributed by atoms with Crippen LogP contribution < -0.4 is 4.72 Å². The summed E-state index contributed by atoms with van der Waals surface area (Å²) < 4.78 is 29.9. The molecule has 1 N–H and O–H groups in total. The summed E-state index contributed by atoms with van der Waals surface area (Å²) in [7, 11) is 0. The van der Waals surface area contributed by atoms with Crippen LogP contribution in [0.25, 0.3) is 11.0 Å². The summed E-state index contributed by atoms with van der Waals surface area (Å²) in [5.74, 6) is 2.32. The number of likely N-dealkylation sites (tertiary alicyclic amines) is 1. The Morgan fingerprint density at radius 2 is 1.96 bits per heavy atom. The highest BCUT2D eigenvalue weighted by Crippen LogP contribution is 2.63. The Bertz CT molecular complexity index is 1000. The molecule has 3 aromatic rings. The third-order valence-electron chi connectivity index (χ3n) is 6.63. The fourth-order valence-corrected chi connectivity index (χ4v) is 5.30. The van der Waals surface area contributed by atoms with E-state index in [1.165, 1.54) is 5.56 Å². The molecular formula is C22H23N2O3S-. The molecule has 146 valence electrons. The molecule has 2 fully saturated rings. The van der Waals surface area contributed by atoms with E-state index in [9.17, 15) is 8.76 Å². The Labute approximate surface area is 167 Å². The summed E-state index contributed by atoms with van der Waals surface area (Å²) in [6.45, 7) is 5.69. The number of furan rings is 1. The van der Waals surface area contributed by atoms with Crippen LogP contribution in [0.2, 0.25) is 0 Å². The number of nitrogens with zero attached hydrogens (tertiary/aromatic N) is 1. The first-order valence-electron chi connectivity index (χ1n) is 9.66. The molecule has 2 aliphatic rings. The average molecular weight is 396 g/mol. The van der Waals surface area contributed by atoms with Gasteiger partial charge in [-0.15, -0.1) is 0 Å². The molecule has 0 spiro atoms. The van der Waals surface area contributed by atoms with E-state index in [1.807, 2.05) is 30.3 Å². The summed E-state index contributed by atoms with van der Waals surface area (Å²) in [5.41, 5.74) is 3.47. The zero-order valence-corrected chi connectivity index (χ0v) is 16.6. The zero-order valence-electron chi connectivity index (χ0n) is 15.8. The molecule has 3 atom stereocenters. The van der Waals surface area contributed by atoms with Crippen LogP contribution in [0.5, 0.6) is 0 Å². The Morgan fingerprint density at radius 1 is 1.18 bits per heavy atom. The first kappa shape index (κ1) is 18.1. The van der Waals surface area contributed by atoms with Crippen LogP contribution in [-0.2, 0) is 29.8 Å². The van der Waals surface area contributed by atoms with Crippen LogP contribution in [0, 0.1) is 11.8 Å². The summed E-state index contributed by atoms with van der Waals surface area (Å²) in [4.78, 5) is 2.49. The van der Waals surface area contributed by atoms with Crippen molar-refractivity contribution in [2.75, 3.05) is 13.1 Å². The van der Waals surface area contributed by atoms with Gasteiger partial charge < -0.3 is 8.97 Å². The van der Waals surface area contributed by atoms with Gasteiger partial charge in [0.15, 0.2) is 0 Å².